The molecule has 8 nitrogen and oxygen atoms in total. The third-order valence-electron chi connectivity index (χ3n) is 9.47. The second kappa shape index (κ2) is 21.9. The van der Waals surface area contributed by atoms with Crippen molar-refractivity contribution in [2.24, 2.45) is 0 Å². The number of carbonyl (C=O) groups excluding carboxylic acids is 1. The van der Waals surface area contributed by atoms with Gasteiger partial charge in [0.2, 0.25) is 11.0 Å². The van der Waals surface area contributed by atoms with E-state index in [0.717, 1.165) is 27.5 Å². The van der Waals surface area contributed by atoms with Gasteiger partial charge in [0.25, 0.3) is 10.0 Å². The molecule has 0 saturated heterocycles. The summed E-state index contributed by atoms with van der Waals surface area (Å²) in [5, 5.41) is 11.8. The molecule has 0 aliphatic heterocycles. The number of carbonyl (C=O) groups is 1. The van der Waals surface area contributed by atoms with E-state index in [9.17, 15) is 9.90 Å². The van der Waals surface area contributed by atoms with Crippen LogP contribution in [0.1, 0.15) is 28.9 Å². The molecule has 0 fully saturated rings. The van der Waals surface area contributed by atoms with Crippen LogP contribution < -0.4 is 23.8 Å². The van der Waals surface area contributed by atoms with Gasteiger partial charge in [0.05, 0.1) is 16.7 Å². The zero-order valence-corrected chi connectivity index (χ0v) is 39.9. The van der Waals surface area contributed by atoms with Gasteiger partial charge in [-0.15, -0.1) is 0 Å². The fourth-order valence-electron chi connectivity index (χ4n) is 6.38. The number of thiazole rings is 2. The summed E-state index contributed by atoms with van der Waals surface area (Å²) in [5.74, 6) is -0.298. The van der Waals surface area contributed by atoms with E-state index in [2.05, 4.69) is 118 Å². The van der Waals surface area contributed by atoms with Crippen LogP contribution in [0, 0.1) is 53.1 Å². The van der Waals surface area contributed by atoms with Gasteiger partial charge in [0.1, 0.15) is 16.0 Å². The molecule has 1 N–H and O–H groups in total. The number of hydrogen-bond donors (Lipinski definition) is 1. The number of nitrogens with zero attached hydrogens (tertiary/aromatic N) is 5. The quantitative estimate of drug-likeness (QED) is 0.0804. The van der Waals surface area contributed by atoms with Crippen molar-refractivity contribution in [1.82, 2.24) is 0 Å². The Morgan fingerprint density at radius 2 is 1.07 bits per heavy atom. The Balaban J connectivity index is 0.000000310. The average Bonchev–Trinajstić information content (AvgIpc) is 3.75. The van der Waals surface area contributed by atoms with Crippen molar-refractivity contribution in [3.05, 3.63) is 126 Å². The molecular formula is C46H57BN5O3S2Th+2. The van der Waals surface area contributed by atoms with E-state index in [1.807, 2.05) is 71.5 Å². The summed E-state index contributed by atoms with van der Waals surface area (Å²) in [6, 6.07) is 37.6. The van der Waals surface area contributed by atoms with Gasteiger partial charge >= 0.3 is 44.6 Å². The zero-order chi connectivity index (χ0) is 41.9. The number of benzene rings is 5. The van der Waals surface area contributed by atoms with Crippen LogP contribution in [0.5, 0.6) is 0 Å². The Hall–Kier alpha value is -3.90. The third-order valence-corrected chi connectivity index (χ3v) is 11.9. The van der Waals surface area contributed by atoms with Crippen molar-refractivity contribution in [1.29, 1.82) is -0.657 Å². The average molecular weight is 1040 g/mol. The Morgan fingerprint density at radius 3 is 1.45 bits per heavy atom. The SMILES string of the molecule is C.Cc1ccc2c(c1)sc(-c1ccc(N(C)C)cc1)[n+]2CCO.Cc1ccc2c(c1)sc(-c1ccc(N(C)C)cc1)[n+]2CCOC(=O)c1ccc(N(C)C)cc1.[2H][Th][3H].[B]. The number of ether oxygens (including phenoxy) is 1. The van der Waals surface area contributed by atoms with Crippen molar-refractivity contribution in [2.75, 3.05) is 70.2 Å². The first-order valence-electron chi connectivity index (χ1n) is 19.4. The minimum atomic E-state index is -1.51. The fourth-order valence-corrected chi connectivity index (χ4v) is 8.96. The number of esters is 1. The van der Waals surface area contributed by atoms with Gasteiger partial charge in [-0.05, 0) is 110 Å². The van der Waals surface area contributed by atoms with E-state index in [1.165, 1.54) is 42.3 Å². The molecule has 58 heavy (non-hydrogen) atoms. The van der Waals surface area contributed by atoms with Gasteiger partial charge in [-0.1, -0.05) is 42.2 Å². The van der Waals surface area contributed by atoms with Crippen LogP contribution in [0.15, 0.2) is 109 Å². The maximum Gasteiger partial charge on any atom is 0 e. The summed E-state index contributed by atoms with van der Waals surface area (Å²) < 4.78 is 24.8. The van der Waals surface area contributed by atoms with Gasteiger partial charge in [0, 0.05) is 79.9 Å². The number of anilines is 3. The van der Waals surface area contributed by atoms with E-state index < -0.39 is 39.3 Å². The Labute approximate surface area is 385 Å². The van der Waals surface area contributed by atoms with Crippen molar-refractivity contribution in [3.8, 4) is 21.1 Å². The Kier molecular flexibility index (Phi) is 17.1. The molecule has 0 bridgehead atoms. The normalized spacial score (nSPS) is 10.6. The van der Waals surface area contributed by atoms with Crippen LogP contribution in [0.2, 0.25) is 0 Å². The van der Waals surface area contributed by atoms with E-state index in [-0.39, 0.29) is 28.4 Å². The van der Waals surface area contributed by atoms with Crippen LogP contribution in [-0.4, -0.2) is 74.3 Å². The minimum Gasteiger partial charge on any atom is 0 e. The van der Waals surface area contributed by atoms with Crippen LogP contribution >= 0.6 is 22.7 Å². The molecule has 0 amide bonds. The monoisotopic (exact) mass is 1040 g/mol. The van der Waals surface area contributed by atoms with Gasteiger partial charge in [-0.3, -0.25) is 0 Å². The summed E-state index contributed by atoms with van der Waals surface area (Å²) in [7, 11) is 12.1. The van der Waals surface area contributed by atoms with Crippen LogP contribution in [-0.2, 0) is 17.8 Å². The Morgan fingerprint density at radius 1 is 0.690 bits per heavy atom. The molecule has 0 aliphatic carbocycles. The largest absolute Gasteiger partial charge is 0 e. The maximum atomic E-state index is 12.6. The summed E-state index contributed by atoms with van der Waals surface area (Å²) in [6.45, 7) is 5.89. The van der Waals surface area contributed by atoms with E-state index in [4.69, 9.17) is 4.08 Å². The fraction of sp³-hybridized carbons (Fsp3) is 0.283. The number of aryl methyl sites for hydroxylation is 2. The molecule has 0 saturated carbocycles. The minimum absolute atomic E-state index is 0. The zero-order valence-electron chi connectivity index (χ0n) is 36.1. The molecular weight excluding hydrogens is 978 g/mol. The van der Waals surface area contributed by atoms with Crippen LogP contribution in [0.25, 0.3) is 41.6 Å². The summed E-state index contributed by atoms with van der Waals surface area (Å²) >= 11 is 2.05. The number of hydrogen-bond acceptors (Lipinski definition) is 8. The van der Waals surface area contributed by atoms with Gasteiger partial charge < -0.3 is 24.5 Å². The van der Waals surface area contributed by atoms with Crippen LogP contribution in [0.3, 0.4) is 0 Å². The second-order valence-electron chi connectivity index (χ2n) is 14.2. The van der Waals surface area contributed by atoms with Crippen molar-refractivity contribution < 1.29 is 63.1 Å². The van der Waals surface area contributed by atoms with E-state index in [1.54, 1.807) is 22.7 Å². The first kappa shape index (κ1) is 45.2. The number of aliphatic hydroxyl groups excluding tert-OH is 1. The van der Waals surface area contributed by atoms with Crippen molar-refractivity contribution in [3.63, 3.8) is 0 Å². The molecule has 12 heteroatoms. The first-order valence-corrected chi connectivity index (χ1v) is 20.0. The summed E-state index contributed by atoms with van der Waals surface area (Å²) in [5.41, 5.74) is 11.2. The molecule has 301 valence electrons. The molecule has 0 atom stereocenters. The maximum absolute atomic E-state index is 12.6. The summed E-state index contributed by atoms with van der Waals surface area (Å²) in [4.78, 5) is 18.8. The van der Waals surface area contributed by atoms with Gasteiger partial charge in [-0.25, -0.2) is 4.79 Å². The summed E-state index contributed by atoms with van der Waals surface area (Å²) in [6.07, 6.45) is 0. The van der Waals surface area contributed by atoms with Gasteiger partial charge in [0.15, 0.2) is 19.7 Å². The number of fused-ring (bicyclic) bond motifs is 2. The predicted molar refractivity (Wildman–Crippen MR) is 246 cm³/mol. The van der Waals surface area contributed by atoms with Gasteiger partial charge in [-0.2, -0.15) is 9.13 Å². The molecule has 0 spiro atoms. The first-order chi connectivity index (χ1) is 27.8. The van der Waals surface area contributed by atoms with Crippen molar-refractivity contribution in [2.45, 2.75) is 34.4 Å². The number of aliphatic hydroxyl groups is 1. The third kappa shape index (κ3) is 11.4. The Bertz CT molecular complexity index is 2430. The smallest absolute Gasteiger partial charge is 0 e. The molecule has 5 aromatic carbocycles. The molecule has 0 unspecified atom stereocenters. The van der Waals surface area contributed by atoms with E-state index >= 15 is 0 Å². The molecule has 3 radical (unpaired) electrons. The van der Waals surface area contributed by atoms with E-state index in [0.29, 0.717) is 25.3 Å². The number of rotatable bonds is 11. The molecule has 7 rings (SSSR count). The topological polar surface area (TPSA) is 64.0 Å². The van der Waals surface area contributed by atoms with Crippen molar-refractivity contribution >= 4 is 74.6 Å². The standard InChI is InChI=1S/C27H30N3O2S.C18H21N2OS.CH4.B.Th.2H/c1-19-6-15-24-25(18-19)33-26(20-7-11-22(12-8-20)28(2)3)30(24)16-17-32-27(31)21-9-13-23(14-10-21)29(4)5;1-13-4-9-16-17(12-13)22-18(20(16)10-11-21)14-5-7-15(8-6-14)19(2)3;;;;;/h6-15,18H,16-17H2,1-5H3;4-9,12,21H,10-11H2,1-3H3;1H4;;;;/q2*+1;;;;;/i;;;;;1+2;1+1. The van der Waals surface area contributed by atoms with Crippen LogP contribution in [0.4, 0.5) is 17.1 Å². The molecule has 7 aromatic rings. The molecule has 0 aliphatic rings. The molecule has 2 heterocycles. The molecule has 2 aromatic heterocycles. The number of aromatic nitrogens is 2. The predicted octanol–water partition coefficient (Wildman–Crippen LogP) is 8.10. The second-order valence-corrected chi connectivity index (χ2v) is 16.3.